The summed E-state index contributed by atoms with van der Waals surface area (Å²) < 4.78 is 6.03. The molecule has 0 spiro atoms. The third-order valence-electron chi connectivity index (χ3n) is 10.6. The molecular weight excluding hydrogens is 744 g/mol. The van der Waals surface area contributed by atoms with Crippen molar-refractivity contribution >= 4 is 36.5 Å². The van der Waals surface area contributed by atoms with Crippen LogP contribution in [0.25, 0.3) is 0 Å². The summed E-state index contributed by atoms with van der Waals surface area (Å²) in [6.07, 6.45) is 11.0. The molecule has 56 heavy (non-hydrogen) atoms. The van der Waals surface area contributed by atoms with E-state index >= 15 is 0 Å². The highest BCUT2D eigenvalue weighted by molar-refractivity contribution is 8.09. The van der Waals surface area contributed by atoms with E-state index in [9.17, 15) is 0 Å². The number of hydrogen-bond acceptors (Lipinski definition) is 5. The van der Waals surface area contributed by atoms with E-state index in [1.807, 2.05) is 0 Å². The predicted octanol–water partition coefficient (Wildman–Crippen LogP) is 12.8. The molecular formula is C50H57ClN2OS2. The van der Waals surface area contributed by atoms with Crippen LogP contribution >= 0.6 is 36.5 Å². The molecule has 292 valence electrons. The maximum atomic E-state index is 7.32. The molecule has 0 aromatic heterocycles. The van der Waals surface area contributed by atoms with Gasteiger partial charge in [0.2, 0.25) is 0 Å². The molecule has 6 aromatic carbocycles. The summed E-state index contributed by atoms with van der Waals surface area (Å²) in [5.74, 6) is 0. The van der Waals surface area contributed by atoms with Crippen molar-refractivity contribution in [2.45, 2.75) is 73.7 Å². The van der Waals surface area contributed by atoms with Crippen molar-refractivity contribution < 1.29 is 3.63 Å². The number of benzene rings is 6. The summed E-state index contributed by atoms with van der Waals surface area (Å²) in [6, 6.07) is 61.7. The minimum absolute atomic E-state index is 0. The molecule has 0 fully saturated rings. The smallest absolute Gasteiger partial charge is 0.118 e. The van der Waals surface area contributed by atoms with Crippen LogP contribution in [0.1, 0.15) is 95.9 Å². The van der Waals surface area contributed by atoms with E-state index < -0.39 is 9.49 Å². The van der Waals surface area contributed by atoms with Crippen LogP contribution in [0, 0.1) is 0 Å². The Morgan fingerprint density at radius 2 is 0.643 bits per heavy atom. The van der Waals surface area contributed by atoms with Crippen molar-refractivity contribution in [2.24, 2.45) is 11.5 Å². The maximum Gasteiger partial charge on any atom is 0.118 e. The maximum absolute atomic E-state index is 7.32. The first-order valence-electron chi connectivity index (χ1n) is 20.1. The van der Waals surface area contributed by atoms with Gasteiger partial charge in [0, 0.05) is 24.1 Å². The number of nitrogens with two attached hydrogens (primary N) is 2. The Morgan fingerprint density at radius 1 is 0.357 bits per heavy atom. The molecule has 0 amide bonds. The van der Waals surface area contributed by atoms with Gasteiger partial charge in [-0.1, -0.05) is 196 Å². The molecule has 0 bridgehead atoms. The lowest BCUT2D eigenvalue weighted by Crippen LogP contribution is -2.29. The highest BCUT2D eigenvalue weighted by Crippen LogP contribution is 2.57. The fraction of sp³-hybridized carbons (Fsp3) is 0.280. The molecule has 0 aliphatic rings. The average molecular weight is 802 g/mol. The van der Waals surface area contributed by atoms with E-state index in [2.05, 4.69) is 170 Å². The van der Waals surface area contributed by atoms with Crippen LogP contribution in [0.4, 0.5) is 0 Å². The lowest BCUT2D eigenvalue weighted by Gasteiger charge is -2.39. The van der Waals surface area contributed by atoms with E-state index in [1.54, 1.807) is 24.1 Å². The molecule has 0 saturated carbocycles. The first kappa shape index (κ1) is 43.3. The van der Waals surface area contributed by atoms with Gasteiger partial charge in [-0.25, -0.2) is 3.63 Å². The monoisotopic (exact) mass is 800 g/mol. The van der Waals surface area contributed by atoms with Crippen LogP contribution in [0.5, 0.6) is 0 Å². The van der Waals surface area contributed by atoms with Crippen LogP contribution in [0.2, 0.25) is 0 Å². The van der Waals surface area contributed by atoms with Gasteiger partial charge in [0.25, 0.3) is 0 Å². The molecule has 0 atom stereocenters. The number of unbranched alkanes of at least 4 members (excludes halogenated alkanes) is 6. The zero-order valence-electron chi connectivity index (χ0n) is 32.4. The van der Waals surface area contributed by atoms with Crippen molar-refractivity contribution in [1.82, 2.24) is 0 Å². The molecule has 0 heterocycles. The van der Waals surface area contributed by atoms with Gasteiger partial charge in [0.15, 0.2) is 0 Å². The van der Waals surface area contributed by atoms with Crippen LogP contribution in [-0.2, 0) is 26.0 Å². The Balaban J connectivity index is 0.00000600. The largest absolute Gasteiger partial charge is 0.330 e. The van der Waals surface area contributed by atoms with Crippen LogP contribution in [0.3, 0.4) is 0 Å². The molecule has 0 radical (unpaired) electrons. The summed E-state index contributed by atoms with van der Waals surface area (Å²) in [7, 11) is 0. The Kier molecular flexibility index (Phi) is 17.6. The molecule has 0 unspecified atom stereocenters. The number of rotatable bonds is 22. The van der Waals surface area contributed by atoms with Gasteiger partial charge in [-0.3, -0.25) is 0 Å². The van der Waals surface area contributed by atoms with Gasteiger partial charge in [-0.05, 0) is 96.1 Å². The minimum atomic E-state index is -0.648. The standard InChI is InChI=1S/C50H56N2OS2.ClH/c51-39-23-3-1-9-25-41-27-19-21-37-47(41)49(43-29-11-5-12-30-43,44-31-13-6-14-32-44)54-53-55-50(45-33-15-7-16-34-45,46-35-17-8-18-36-46)48-38-22-20-28-42(48)26-10-2-4-24-40-52;/h5-8,11-22,27-38H,1-4,9-10,23-26,39-40,51-52H2;1H. The van der Waals surface area contributed by atoms with E-state index in [1.165, 1.54) is 44.5 Å². The highest BCUT2D eigenvalue weighted by Gasteiger charge is 2.44. The van der Waals surface area contributed by atoms with Gasteiger partial charge in [0.05, 0.1) is 0 Å². The first-order valence-corrected chi connectivity index (χ1v) is 21.5. The van der Waals surface area contributed by atoms with Crippen LogP contribution in [0.15, 0.2) is 170 Å². The molecule has 6 aromatic rings. The normalized spacial score (nSPS) is 11.6. The topological polar surface area (TPSA) is 61.3 Å². The van der Waals surface area contributed by atoms with E-state index in [0.717, 1.165) is 77.3 Å². The summed E-state index contributed by atoms with van der Waals surface area (Å²) in [5, 5.41) is 0. The van der Waals surface area contributed by atoms with Crippen molar-refractivity contribution in [3.05, 3.63) is 214 Å². The number of hydrogen-bond donors (Lipinski definition) is 2. The summed E-state index contributed by atoms with van der Waals surface area (Å²) in [5.41, 5.74) is 21.7. The average Bonchev–Trinajstić information content (AvgIpc) is 3.25. The molecule has 6 rings (SSSR count). The SMILES string of the molecule is Cl.NCCCCCCc1ccccc1C(SOSC(c1ccccc1)(c1ccccc1)c1ccccc1CCCCCCN)(c1ccccc1)c1ccccc1. The molecule has 3 nitrogen and oxygen atoms in total. The van der Waals surface area contributed by atoms with Gasteiger partial charge in [0.1, 0.15) is 9.49 Å². The first-order chi connectivity index (χ1) is 27.2. The lowest BCUT2D eigenvalue weighted by atomic mass is 9.81. The number of halogens is 1. The zero-order valence-corrected chi connectivity index (χ0v) is 34.9. The third kappa shape index (κ3) is 10.4. The summed E-state index contributed by atoms with van der Waals surface area (Å²) >= 11 is 3.14. The lowest BCUT2D eigenvalue weighted by molar-refractivity contribution is 0.640. The van der Waals surface area contributed by atoms with Gasteiger partial charge in [-0.2, -0.15) is 0 Å². The summed E-state index contributed by atoms with van der Waals surface area (Å²) in [6.45, 7) is 1.50. The second-order valence-corrected chi connectivity index (χ2v) is 16.4. The zero-order chi connectivity index (χ0) is 38.0. The minimum Gasteiger partial charge on any atom is -0.330 e. The third-order valence-corrected chi connectivity index (χ3v) is 13.1. The van der Waals surface area contributed by atoms with Gasteiger partial charge in [-0.15, -0.1) is 12.4 Å². The fourth-order valence-electron chi connectivity index (χ4n) is 7.84. The van der Waals surface area contributed by atoms with Crippen molar-refractivity contribution in [2.75, 3.05) is 13.1 Å². The van der Waals surface area contributed by atoms with E-state index in [4.69, 9.17) is 15.1 Å². The Labute approximate surface area is 350 Å². The number of aryl methyl sites for hydroxylation is 2. The molecule has 0 aliphatic carbocycles. The molecule has 4 N–H and O–H groups in total. The molecule has 0 saturated heterocycles. The van der Waals surface area contributed by atoms with Crippen molar-refractivity contribution in [1.29, 1.82) is 0 Å². The van der Waals surface area contributed by atoms with Gasteiger partial charge >= 0.3 is 0 Å². The second kappa shape index (κ2) is 22.8. The Morgan fingerprint density at radius 3 is 0.964 bits per heavy atom. The fourth-order valence-corrected chi connectivity index (χ4v) is 10.3. The molecule has 0 aliphatic heterocycles. The summed E-state index contributed by atoms with van der Waals surface area (Å²) in [4.78, 5) is 0. The second-order valence-electron chi connectivity index (χ2n) is 14.3. The van der Waals surface area contributed by atoms with E-state index in [-0.39, 0.29) is 12.4 Å². The highest BCUT2D eigenvalue weighted by atomic mass is 35.5. The quantitative estimate of drug-likeness (QED) is 0.0407. The van der Waals surface area contributed by atoms with Crippen LogP contribution < -0.4 is 11.5 Å². The van der Waals surface area contributed by atoms with E-state index in [0.29, 0.717) is 0 Å². The van der Waals surface area contributed by atoms with Crippen molar-refractivity contribution in [3.63, 3.8) is 0 Å². The predicted molar refractivity (Wildman–Crippen MR) is 244 cm³/mol. The molecule has 6 heteroatoms. The van der Waals surface area contributed by atoms with Crippen LogP contribution in [-0.4, -0.2) is 13.1 Å². The Bertz CT molecular complexity index is 1760. The van der Waals surface area contributed by atoms with Gasteiger partial charge < -0.3 is 11.5 Å². The Hall–Kier alpha value is -3.81. The van der Waals surface area contributed by atoms with Crippen molar-refractivity contribution in [3.8, 4) is 0 Å².